The van der Waals surface area contributed by atoms with Crippen LogP contribution in [0.4, 0.5) is 0 Å². The summed E-state index contributed by atoms with van der Waals surface area (Å²) >= 11 is 0. The lowest BCUT2D eigenvalue weighted by Crippen LogP contribution is -2.30. The van der Waals surface area contributed by atoms with E-state index in [0.717, 1.165) is 36.5 Å². The van der Waals surface area contributed by atoms with Crippen LogP contribution in [0, 0.1) is 19.8 Å². The molecule has 24 heavy (non-hydrogen) atoms. The van der Waals surface area contributed by atoms with E-state index in [9.17, 15) is 0 Å². The molecule has 0 spiro atoms. The van der Waals surface area contributed by atoms with E-state index in [2.05, 4.69) is 46.9 Å². The number of benzene rings is 1. The van der Waals surface area contributed by atoms with Gasteiger partial charge in [-0.2, -0.15) is 0 Å². The summed E-state index contributed by atoms with van der Waals surface area (Å²) in [5, 5.41) is 3.46. The van der Waals surface area contributed by atoms with Gasteiger partial charge in [-0.25, -0.2) is 4.98 Å². The molecule has 0 unspecified atom stereocenters. The Morgan fingerprint density at radius 3 is 2.71 bits per heavy atom. The molecule has 3 aromatic rings. The van der Waals surface area contributed by atoms with Gasteiger partial charge in [0, 0.05) is 24.5 Å². The minimum atomic E-state index is 0.709. The number of rotatable bonds is 3. The Labute approximate surface area is 142 Å². The average molecular weight is 320 g/mol. The van der Waals surface area contributed by atoms with Crippen molar-refractivity contribution >= 4 is 11.0 Å². The molecule has 4 heteroatoms. The van der Waals surface area contributed by atoms with E-state index in [4.69, 9.17) is 4.98 Å². The summed E-state index contributed by atoms with van der Waals surface area (Å²) in [7, 11) is 0. The van der Waals surface area contributed by atoms with E-state index in [0.29, 0.717) is 5.92 Å². The zero-order chi connectivity index (χ0) is 16.5. The Kier molecular flexibility index (Phi) is 4.07. The number of nitrogens with one attached hydrogen (secondary N) is 1. The van der Waals surface area contributed by atoms with Gasteiger partial charge in [-0.15, -0.1) is 0 Å². The Bertz CT molecular complexity index is 845. The van der Waals surface area contributed by atoms with Crippen molar-refractivity contribution in [3.8, 4) is 11.4 Å². The maximum atomic E-state index is 4.96. The highest BCUT2D eigenvalue weighted by Gasteiger charge is 2.19. The van der Waals surface area contributed by atoms with Crippen LogP contribution in [0.3, 0.4) is 0 Å². The molecule has 0 amide bonds. The highest BCUT2D eigenvalue weighted by Crippen LogP contribution is 2.29. The molecular formula is C20H24N4. The number of aromatic nitrogens is 3. The van der Waals surface area contributed by atoms with Gasteiger partial charge >= 0.3 is 0 Å². The molecule has 4 nitrogen and oxygen atoms in total. The maximum absolute atomic E-state index is 4.96. The molecule has 124 valence electrons. The van der Waals surface area contributed by atoms with Crippen LogP contribution in [-0.2, 0) is 6.54 Å². The highest BCUT2D eigenvalue weighted by atomic mass is 15.1. The van der Waals surface area contributed by atoms with Crippen molar-refractivity contribution in [2.45, 2.75) is 33.2 Å². The number of hydrogen-bond acceptors (Lipinski definition) is 3. The van der Waals surface area contributed by atoms with Crippen LogP contribution in [0.2, 0.25) is 0 Å². The van der Waals surface area contributed by atoms with Crippen molar-refractivity contribution in [2.75, 3.05) is 13.1 Å². The summed E-state index contributed by atoms with van der Waals surface area (Å²) in [6, 6.07) is 8.59. The van der Waals surface area contributed by atoms with Gasteiger partial charge in [0.1, 0.15) is 5.82 Å². The molecule has 0 atom stereocenters. The number of nitrogens with zero attached hydrogens (tertiary/aromatic N) is 3. The molecule has 1 saturated heterocycles. The van der Waals surface area contributed by atoms with Crippen molar-refractivity contribution in [2.24, 2.45) is 5.92 Å². The van der Waals surface area contributed by atoms with Gasteiger partial charge in [0.2, 0.25) is 0 Å². The number of imidazole rings is 1. The Hall–Kier alpha value is -2.20. The SMILES string of the molecule is Cc1cc2nc(-c3cccnc3)n(CC3CCNCC3)c2cc1C. The summed E-state index contributed by atoms with van der Waals surface area (Å²) in [6.07, 6.45) is 6.20. The molecule has 4 rings (SSSR count). The third kappa shape index (κ3) is 2.82. The first-order valence-electron chi connectivity index (χ1n) is 8.81. The standard InChI is InChI=1S/C20H24N4/c1-14-10-18-19(11-15(14)2)24(13-16-5-8-21-9-6-16)20(23-18)17-4-3-7-22-12-17/h3-4,7,10-12,16,21H,5-6,8-9,13H2,1-2H3. The van der Waals surface area contributed by atoms with Gasteiger partial charge in [0.05, 0.1) is 11.0 Å². The third-order valence-corrected chi connectivity index (χ3v) is 5.18. The molecule has 1 aliphatic rings. The van der Waals surface area contributed by atoms with E-state index in [1.54, 1.807) is 0 Å². The zero-order valence-corrected chi connectivity index (χ0v) is 14.4. The molecule has 3 heterocycles. The lowest BCUT2D eigenvalue weighted by atomic mass is 9.98. The van der Waals surface area contributed by atoms with E-state index < -0.39 is 0 Å². The first kappa shape index (κ1) is 15.3. The fourth-order valence-electron chi connectivity index (χ4n) is 3.60. The van der Waals surface area contributed by atoms with Gasteiger partial charge in [-0.1, -0.05) is 0 Å². The number of pyridine rings is 1. The molecule has 1 N–H and O–H groups in total. The first-order chi connectivity index (χ1) is 11.7. The largest absolute Gasteiger partial charge is 0.324 e. The second-order valence-corrected chi connectivity index (χ2v) is 6.91. The molecular weight excluding hydrogens is 296 g/mol. The molecule has 2 aromatic heterocycles. The molecule has 1 aliphatic heterocycles. The number of aryl methyl sites for hydroxylation is 2. The minimum absolute atomic E-state index is 0.709. The van der Waals surface area contributed by atoms with Crippen molar-refractivity contribution in [1.29, 1.82) is 0 Å². The predicted octanol–water partition coefficient (Wildman–Crippen LogP) is 3.71. The van der Waals surface area contributed by atoms with Crippen molar-refractivity contribution < 1.29 is 0 Å². The van der Waals surface area contributed by atoms with E-state index >= 15 is 0 Å². The van der Waals surface area contributed by atoms with Crippen LogP contribution in [0.5, 0.6) is 0 Å². The fraction of sp³-hybridized carbons (Fsp3) is 0.400. The summed E-state index contributed by atoms with van der Waals surface area (Å²) in [5.41, 5.74) is 6.05. The van der Waals surface area contributed by atoms with Crippen LogP contribution >= 0.6 is 0 Å². The normalized spacial score (nSPS) is 15.9. The second kappa shape index (κ2) is 6.36. The number of piperidine rings is 1. The van der Waals surface area contributed by atoms with Crippen LogP contribution in [0.1, 0.15) is 24.0 Å². The lowest BCUT2D eigenvalue weighted by molar-refractivity contribution is 0.337. The van der Waals surface area contributed by atoms with E-state index in [1.165, 1.54) is 29.5 Å². The summed E-state index contributed by atoms with van der Waals surface area (Å²) in [5.74, 6) is 1.75. The smallest absolute Gasteiger partial charge is 0.142 e. The molecule has 0 radical (unpaired) electrons. The van der Waals surface area contributed by atoms with Crippen molar-refractivity contribution in [3.63, 3.8) is 0 Å². The minimum Gasteiger partial charge on any atom is -0.324 e. The summed E-state index contributed by atoms with van der Waals surface area (Å²) < 4.78 is 2.41. The van der Waals surface area contributed by atoms with Crippen molar-refractivity contribution in [3.05, 3.63) is 47.8 Å². The third-order valence-electron chi connectivity index (χ3n) is 5.18. The quantitative estimate of drug-likeness (QED) is 0.800. The van der Waals surface area contributed by atoms with E-state index in [-0.39, 0.29) is 0 Å². The molecule has 0 saturated carbocycles. The zero-order valence-electron chi connectivity index (χ0n) is 14.4. The Balaban J connectivity index is 1.85. The van der Waals surface area contributed by atoms with Crippen LogP contribution < -0.4 is 5.32 Å². The monoisotopic (exact) mass is 320 g/mol. The average Bonchev–Trinajstić information content (AvgIpc) is 2.95. The van der Waals surface area contributed by atoms with Gasteiger partial charge in [-0.05, 0) is 81.1 Å². The lowest BCUT2D eigenvalue weighted by Gasteiger charge is -2.24. The highest BCUT2D eigenvalue weighted by molar-refractivity contribution is 5.82. The first-order valence-corrected chi connectivity index (χ1v) is 8.81. The number of hydrogen-bond donors (Lipinski definition) is 1. The van der Waals surface area contributed by atoms with E-state index in [1.807, 2.05) is 18.5 Å². The number of fused-ring (bicyclic) bond motifs is 1. The maximum Gasteiger partial charge on any atom is 0.142 e. The summed E-state index contributed by atoms with van der Waals surface area (Å²) in [6.45, 7) is 7.62. The summed E-state index contributed by atoms with van der Waals surface area (Å²) in [4.78, 5) is 9.25. The van der Waals surface area contributed by atoms with Crippen LogP contribution in [0.25, 0.3) is 22.4 Å². The molecule has 1 aromatic carbocycles. The predicted molar refractivity (Wildman–Crippen MR) is 98.0 cm³/mol. The topological polar surface area (TPSA) is 42.7 Å². The van der Waals surface area contributed by atoms with Gasteiger partial charge < -0.3 is 9.88 Å². The molecule has 1 fully saturated rings. The van der Waals surface area contributed by atoms with Gasteiger partial charge in [0.15, 0.2) is 0 Å². The Morgan fingerprint density at radius 2 is 1.96 bits per heavy atom. The van der Waals surface area contributed by atoms with Crippen LogP contribution in [-0.4, -0.2) is 27.6 Å². The van der Waals surface area contributed by atoms with Gasteiger partial charge in [0.25, 0.3) is 0 Å². The van der Waals surface area contributed by atoms with Crippen LogP contribution in [0.15, 0.2) is 36.7 Å². The fourth-order valence-corrected chi connectivity index (χ4v) is 3.60. The second-order valence-electron chi connectivity index (χ2n) is 6.91. The molecule has 0 bridgehead atoms. The Morgan fingerprint density at radius 1 is 1.17 bits per heavy atom. The molecule has 0 aliphatic carbocycles. The van der Waals surface area contributed by atoms with Gasteiger partial charge in [-0.3, -0.25) is 4.98 Å². The van der Waals surface area contributed by atoms with Crippen molar-refractivity contribution in [1.82, 2.24) is 19.9 Å².